The second kappa shape index (κ2) is 17.2. The van der Waals surface area contributed by atoms with Crippen molar-refractivity contribution in [3.63, 3.8) is 0 Å². The molecule has 0 spiro atoms. The molecular formula is C57H46. The fourth-order valence-electron chi connectivity index (χ4n) is 7.83. The molecule has 0 aliphatic heterocycles. The minimum absolute atomic E-state index is 0.777. The highest BCUT2D eigenvalue weighted by Gasteiger charge is 2.22. The zero-order valence-corrected chi connectivity index (χ0v) is 32.5. The lowest BCUT2D eigenvalue weighted by molar-refractivity contribution is 1.22. The van der Waals surface area contributed by atoms with Crippen LogP contribution in [0.25, 0.3) is 49.0 Å². The lowest BCUT2D eigenvalue weighted by atomic mass is 9.79. The largest absolute Gasteiger partial charge is 0.0918 e. The van der Waals surface area contributed by atoms with E-state index < -0.39 is 0 Å². The maximum Gasteiger partial charge on any atom is -0.000750 e. The fraction of sp³-hybridized carbons (Fsp3) is 0.0526. The van der Waals surface area contributed by atoms with E-state index in [-0.39, 0.29) is 0 Å². The van der Waals surface area contributed by atoms with Gasteiger partial charge in [-0.1, -0.05) is 207 Å². The zero-order valence-electron chi connectivity index (χ0n) is 32.5. The maximum absolute atomic E-state index is 4.77. The Kier molecular flexibility index (Phi) is 11.1. The monoisotopic (exact) mass is 730 g/mol. The molecule has 8 rings (SSSR count). The molecule has 0 amide bonds. The Labute approximate surface area is 337 Å². The molecule has 0 fully saturated rings. The summed E-state index contributed by atoms with van der Waals surface area (Å²) >= 11 is 0. The average Bonchev–Trinajstić information content (AvgIpc) is 3.26. The van der Waals surface area contributed by atoms with Crippen molar-refractivity contribution < 1.29 is 0 Å². The number of rotatable bonds is 11. The van der Waals surface area contributed by atoms with Gasteiger partial charge in [0.25, 0.3) is 0 Å². The summed E-state index contributed by atoms with van der Waals surface area (Å²) in [4.78, 5) is 0. The Morgan fingerprint density at radius 2 is 1.12 bits per heavy atom. The molecule has 7 aromatic carbocycles. The first kappa shape index (κ1) is 36.9. The van der Waals surface area contributed by atoms with Crippen LogP contribution in [0.2, 0.25) is 0 Å². The molecule has 0 N–H and O–H groups in total. The maximum atomic E-state index is 4.77. The van der Waals surface area contributed by atoms with Gasteiger partial charge < -0.3 is 0 Å². The molecule has 7 aromatic rings. The predicted octanol–water partition coefficient (Wildman–Crippen LogP) is 15.6. The molecule has 0 aromatic heterocycles. The molecule has 0 heteroatoms. The van der Waals surface area contributed by atoms with E-state index in [0.29, 0.717) is 0 Å². The van der Waals surface area contributed by atoms with Crippen molar-refractivity contribution in [3.05, 3.63) is 270 Å². The summed E-state index contributed by atoms with van der Waals surface area (Å²) in [6, 6.07) is 55.1. The lowest BCUT2D eigenvalue weighted by Crippen LogP contribution is -2.05. The van der Waals surface area contributed by atoms with Crippen LogP contribution in [-0.2, 0) is 0 Å². The number of allylic oxidation sites excluding steroid dienone is 14. The molecule has 1 aliphatic carbocycles. The second-order valence-corrected chi connectivity index (χ2v) is 14.6. The van der Waals surface area contributed by atoms with E-state index in [4.69, 9.17) is 6.58 Å². The van der Waals surface area contributed by atoms with Crippen molar-refractivity contribution in [2.75, 3.05) is 0 Å². The molecule has 0 unspecified atom stereocenters. The molecular weight excluding hydrogens is 685 g/mol. The first-order chi connectivity index (χ1) is 28.1. The average molecular weight is 731 g/mol. The number of benzene rings is 7. The highest BCUT2D eigenvalue weighted by atomic mass is 14.3. The molecule has 0 heterocycles. The van der Waals surface area contributed by atoms with Gasteiger partial charge in [0.15, 0.2) is 0 Å². The molecule has 0 radical (unpaired) electrons. The van der Waals surface area contributed by atoms with Crippen LogP contribution in [-0.4, -0.2) is 0 Å². The summed E-state index contributed by atoms with van der Waals surface area (Å²) in [5.74, 6) is 0. The van der Waals surface area contributed by atoms with Gasteiger partial charge in [0.1, 0.15) is 0 Å². The van der Waals surface area contributed by atoms with Crippen molar-refractivity contribution in [2.45, 2.75) is 19.8 Å². The Hall–Kier alpha value is -7.02. The van der Waals surface area contributed by atoms with E-state index >= 15 is 0 Å². The van der Waals surface area contributed by atoms with Crippen LogP contribution in [0.15, 0.2) is 242 Å². The summed E-state index contributed by atoms with van der Waals surface area (Å²) in [6.45, 7) is 10.8. The molecule has 0 bridgehead atoms. The third-order valence-corrected chi connectivity index (χ3v) is 10.8. The summed E-state index contributed by atoms with van der Waals surface area (Å²) in [7, 11) is 0. The molecule has 274 valence electrons. The van der Waals surface area contributed by atoms with Gasteiger partial charge in [-0.25, -0.2) is 0 Å². The Morgan fingerprint density at radius 3 is 1.81 bits per heavy atom. The molecule has 0 nitrogen and oxygen atoms in total. The van der Waals surface area contributed by atoms with Crippen molar-refractivity contribution in [3.8, 4) is 0 Å². The van der Waals surface area contributed by atoms with Crippen LogP contribution in [0.5, 0.6) is 0 Å². The van der Waals surface area contributed by atoms with Crippen LogP contribution >= 0.6 is 0 Å². The van der Waals surface area contributed by atoms with E-state index in [0.717, 1.165) is 35.1 Å². The number of hydrogen-bond acceptors (Lipinski definition) is 0. The van der Waals surface area contributed by atoms with Gasteiger partial charge >= 0.3 is 0 Å². The number of fused-ring (bicyclic) bond motifs is 3. The third-order valence-electron chi connectivity index (χ3n) is 10.8. The van der Waals surface area contributed by atoms with Crippen LogP contribution in [0, 0.1) is 0 Å². The standard InChI is InChI=1S/C57H46/c1-4-18-41(2)19-8-6-5-7-9-23-46-32-35-52(51-34-30-44-21-11-14-25-49(44)38-51)40-56(46)57(53-36-31-45-22-12-15-26-50(45)39-53)55-28-17-16-27-54(55)42(3)47-33-29-43-20-10-13-24-48(43)37-47/h4-6,8-39H,2-3,7,40H2,1H3/b6-5-,18-4-,19-8-,23-9?,57-56+. The summed E-state index contributed by atoms with van der Waals surface area (Å²) in [5, 5.41) is 7.38. The van der Waals surface area contributed by atoms with Crippen LogP contribution in [0.1, 0.15) is 47.6 Å². The smallest absolute Gasteiger partial charge is 0.000750 e. The van der Waals surface area contributed by atoms with Gasteiger partial charge in [0.05, 0.1) is 0 Å². The topological polar surface area (TPSA) is 0 Å². The highest BCUT2D eigenvalue weighted by molar-refractivity contribution is 5.99. The van der Waals surface area contributed by atoms with Gasteiger partial charge in [-0.05, 0) is 132 Å². The molecule has 1 aliphatic rings. The quantitative estimate of drug-likeness (QED) is 0.116. The summed E-state index contributed by atoms with van der Waals surface area (Å²) in [5.41, 5.74) is 12.9. The zero-order chi connectivity index (χ0) is 39.0. The third kappa shape index (κ3) is 8.32. The molecule has 0 atom stereocenters. The molecule has 0 saturated carbocycles. The Morgan fingerprint density at radius 1 is 0.544 bits per heavy atom. The lowest BCUT2D eigenvalue weighted by Gasteiger charge is -2.25. The van der Waals surface area contributed by atoms with Crippen LogP contribution in [0.3, 0.4) is 0 Å². The van der Waals surface area contributed by atoms with E-state index in [1.807, 2.05) is 25.2 Å². The van der Waals surface area contributed by atoms with Crippen LogP contribution in [0.4, 0.5) is 0 Å². The fourth-order valence-corrected chi connectivity index (χ4v) is 7.83. The minimum atomic E-state index is 0.777. The SMILES string of the molecule is C=C(/C=C\C)/C=C\C=C/CC=CC1=CC=C(c2ccc3ccccc3c2)C/C1=C(/c1ccc2ccccc2c1)c1ccccc1C(=C)c1ccc2ccccc2c1. The second-order valence-electron chi connectivity index (χ2n) is 14.6. The van der Waals surface area contributed by atoms with E-state index in [1.54, 1.807) is 0 Å². The van der Waals surface area contributed by atoms with E-state index in [2.05, 4.69) is 201 Å². The first-order valence-corrected chi connectivity index (χ1v) is 19.8. The van der Waals surface area contributed by atoms with Crippen LogP contribution < -0.4 is 0 Å². The summed E-state index contributed by atoms with van der Waals surface area (Å²) < 4.78 is 0. The van der Waals surface area contributed by atoms with Gasteiger partial charge in [-0.3, -0.25) is 0 Å². The number of hydrogen-bond donors (Lipinski definition) is 0. The van der Waals surface area contributed by atoms with Crippen molar-refractivity contribution in [2.24, 2.45) is 0 Å². The molecule has 57 heavy (non-hydrogen) atoms. The van der Waals surface area contributed by atoms with Gasteiger partial charge in [-0.15, -0.1) is 0 Å². The minimum Gasteiger partial charge on any atom is -0.0918 e. The molecule has 0 saturated heterocycles. The van der Waals surface area contributed by atoms with E-state index in [1.165, 1.54) is 71.3 Å². The summed E-state index contributed by atoms with van der Waals surface area (Å²) in [6.07, 6.45) is 23.2. The van der Waals surface area contributed by atoms with Crippen molar-refractivity contribution in [1.29, 1.82) is 0 Å². The predicted molar refractivity (Wildman–Crippen MR) is 249 cm³/mol. The van der Waals surface area contributed by atoms with Crippen molar-refractivity contribution in [1.82, 2.24) is 0 Å². The normalized spacial score (nSPS) is 14.3. The Bertz CT molecular complexity index is 2870. The highest BCUT2D eigenvalue weighted by Crippen LogP contribution is 2.43. The Balaban J connectivity index is 1.29. The van der Waals surface area contributed by atoms with Crippen molar-refractivity contribution >= 4 is 49.0 Å². The van der Waals surface area contributed by atoms with Gasteiger partial charge in [0, 0.05) is 0 Å². The van der Waals surface area contributed by atoms with Gasteiger partial charge in [-0.2, -0.15) is 0 Å². The first-order valence-electron chi connectivity index (χ1n) is 19.8. The van der Waals surface area contributed by atoms with E-state index in [9.17, 15) is 0 Å². The van der Waals surface area contributed by atoms with Gasteiger partial charge in [0.2, 0.25) is 0 Å².